The summed E-state index contributed by atoms with van der Waals surface area (Å²) in [7, 11) is 0. The van der Waals surface area contributed by atoms with Gasteiger partial charge in [0.15, 0.2) is 11.2 Å². The number of pyridine rings is 1. The Hall–Kier alpha value is -2.15. The molecule has 2 aromatic heterocycles. The molecular weight excluding hydrogens is 224 g/mol. The zero-order valence-electron chi connectivity index (χ0n) is 9.05. The third-order valence-corrected chi connectivity index (χ3v) is 2.37. The first kappa shape index (κ1) is 11.3. The van der Waals surface area contributed by atoms with Gasteiger partial charge in [-0.3, -0.25) is 14.8 Å². The van der Waals surface area contributed by atoms with Crippen LogP contribution in [0.4, 0.5) is 0 Å². The van der Waals surface area contributed by atoms with E-state index in [2.05, 4.69) is 4.98 Å². The Morgan fingerprint density at radius 2 is 2.41 bits per heavy atom. The fraction of sp³-hybridized carbons (Fsp3) is 0.300. The number of aryl methyl sites for hydroxylation is 1. The van der Waals surface area contributed by atoms with Gasteiger partial charge in [-0.2, -0.15) is 0 Å². The van der Waals surface area contributed by atoms with Crippen molar-refractivity contribution in [2.24, 2.45) is 5.84 Å². The van der Waals surface area contributed by atoms with Crippen LogP contribution in [0.1, 0.15) is 12.8 Å². The molecule has 0 fully saturated rings. The van der Waals surface area contributed by atoms with E-state index in [1.807, 2.05) is 5.43 Å². The van der Waals surface area contributed by atoms with Crippen LogP contribution in [-0.2, 0) is 11.3 Å². The fourth-order valence-electron chi connectivity index (χ4n) is 1.57. The Bertz CT molecular complexity index is 586. The maximum absolute atomic E-state index is 11.5. The Morgan fingerprint density at radius 3 is 3.18 bits per heavy atom. The van der Waals surface area contributed by atoms with Crippen molar-refractivity contribution >= 4 is 17.1 Å². The summed E-state index contributed by atoms with van der Waals surface area (Å²) >= 11 is 0. The minimum Gasteiger partial charge on any atom is -0.406 e. The molecule has 17 heavy (non-hydrogen) atoms. The molecule has 0 atom stereocenters. The monoisotopic (exact) mass is 236 g/mol. The summed E-state index contributed by atoms with van der Waals surface area (Å²) in [4.78, 5) is 26.5. The molecule has 0 radical (unpaired) electrons. The summed E-state index contributed by atoms with van der Waals surface area (Å²) in [5.74, 6) is 4.22. The van der Waals surface area contributed by atoms with Gasteiger partial charge in [0.1, 0.15) is 0 Å². The van der Waals surface area contributed by atoms with Crippen LogP contribution < -0.4 is 17.0 Å². The van der Waals surface area contributed by atoms with Crippen LogP contribution in [0.15, 0.2) is 27.5 Å². The zero-order chi connectivity index (χ0) is 12.3. The molecule has 0 aromatic carbocycles. The van der Waals surface area contributed by atoms with Crippen LogP contribution >= 0.6 is 0 Å². The maximum Gasteiger partial charge on any atom is 0.421 e. The van der Waals surface area contributed by atoms with Crippen LogP contribution in [0, 0.1) is 0 Å². The minimum absolute atomic E-state index is 0.252. The third-order valence-electron chi connectivity index (χ3n) is 2.37. The zero-order valence-corrected chi connectivity index (χ0v) is 9.05. The summed E-state index contributed by atoms with van der Waals surface area (Å²) in [6.07, 6.45) is 2.33. The Balaban J connectivity index is 2.15. The number of fused-ring (bicyclic) bond motifs is 1. The number of hydrazine groups is 1. The maximum atomic E-state index is 11.5. The average molecular weight is 236 g/mol. The van der Waals surface area contributed by atoms with Crippen molar-refractivity contribution in [2.75, 3.05) is 0 Å². The highest BCUT2D eigenvalue weighted by molar-refractivity contribution is 5.75. The van der Waals surface area contributed by atoms with Crippen molar-refractivity contribution in [3.8, 4) is 0 Å². The SMILES string of the molecule is NNC(=O)CCCn1c(=O)oc2cccnc21. The number of hydrogen-bond acceptors (Lipinski definition) is 5. The van der Waals surface area contributed by atoms with Crippen molar-refractivity contribution in [2.45, 2.75) is 19.4 Å². The van der Waals surface area contributed by atoms with E-state index >= 15 is 0 Å². The molecule has 2 rings (SSSR count). The van der Waals surface area contributed by atoms with Crippen LogP contribution in [0.2, 0.25) is 0 Å². The van der Waals surface area contributed by atoms with E-state index in [0.717, 1.165) is 0 Å². The number of nitrogens with one attached hydrogen (secondary N) is 1. The van der Waals surface area contributed by atoms with E-state index < -0.39 is 5.76 Å². The number of oxazole rings is 1. The number of rotatable bonds is 4. The van der Waals surface area contributed by atoms with Crippen LogP contribution in [0.25, 0.3) is 11.2 Å². The molecule has 1 amide bonds. The van der Waals surface area contributed by atoms with Crippen LogP contribution in [0.5, 0.6) is 0 Å². The molecule has 90 valence electrons. The van der Waals surface area contributed by atoms with E-state index in [1.54, 1.807) is 18.3 Å². The molecule has 0 aliphatic heterocycles. The quantitative estimate of drug-likeness (QED) is 0.433. The first-order valence-electron chi connectivity index (χ1n) is 5.16. The standard InChI is InChI=1S/C10H12N4O3/c11-13-8(15)4-2-6-14-9-7(17-10(14)16)3-1-5-12-9/h1,3,5H,2,4,6,11H2,(H,13,15). The summed E-state index contributed by atoms with van der Waals surface area (Å²) in [5, 5.41) is 0. The van der Waals surface area contributed by atoms with Gasteiger partial charge >= 0.3 is 5.76 Å². The van der Waals surface area contributed by atoms with E-state index in [4.69, 9.17) is 10.3 Å². The number of aromatic nitrogens is 2. The number of carbonyl (C=O) groups excluding carboxylic acids is 1. The Kier molecular flexibility index (Phi) is 3.20. The topological polar surface area (TPSA) is 103 Å². The van der Waals surface area contributed by atoms with Crippen LogP contribution in [0.3, 0.4) is 0 Å². The minimum atomic E-state index is -0.466. The molecule has 3 N–H and O–H groups in total. The molecule has 0 aliphatic carbocycles. The molecule has 2 heterocycles. The number of carbonyl (C=O) groups is 1. The second-order valence-corrected chi connectivity index (χ2v) is 3.52. The highest BCUT2D eigenvalue weighted by Gasteiger charge is 2.09. The molecule has 0 saturated heterocycles. The summed E-state index contributed by atoms with van der Waals surface area (Å²) in [6, 6.07) is 3.37. The number of hydrogen-bond donors (Lipinski definition) is 2. The van der Waals surface area contributed by atoms with Gasteiger partial charge in [0.2, 0.25) is 5.91 Å². The Labute approximate surface area is 96.2 Å². The molecule has 7 nitrogen and oxygen atoms in total. The molecule has 0 saturated carbocycles. The lowest BCUT2D eigenvalue weighted by Crippen LogP contribution is -2.30. The lowest BCUT2D eigenvalue weighted by Gasteiger charge is -2.00. The van der Waals surface area contributed by atoms with Crippen molar-refractivity contribution in [3.05, 3.63) is 28.9 Å². The highest BCUT2D eigenvalue weighted by atomic mass is 16.4. The second-order valence-electron chi connectivity index (χ2n) is 3.52. The normalized spacial score (nSPS) is 10.6. The first-order valence-corrected chi connectivity index (χ1v) is 5.16. The highest BCUT2D eigenvalue weighted by Crippen LogP contribution is 2.09. The second kappa shape index (κ2) is 4.79. The summed E-state index contributed by atoms with van der Waals surface area (Å²) in [6.45, 7) is 0.371. The van der Waals surface area contributed by atoms with Crippen molar-refractivity contribution < 1.29 is 9.21 Å². The fourth-order valence-corrected chi connectivity index (χ4v) is 1.57. The average Bonchev–Trinajstić information content (AvgIpc) is 2.66. The van der Waals surface area contributed by atoms with Crippen LogP contribution in [-0.4, -0.2) is 15.5 Å². The lowest BCUT2D eigenvalue weighted by molar-refractivity contribution is -0.121. The molecule has 7 heteroatoms. The summed E-state index contributed by atoms with van der Waals surface area (Å²) in [5.41, 5.74) is 2.97. The Morgan fingerprint density at radius 1 is 1.59 bits per heavy atom. The lowest BCUT2D eigenvalue weighted by atomic mass is 10.3. The van der Waals surface area contributed by atoms with E-state index in [-0.39, 0.29) is 12.3 Å². The van der Waals surface area contributed by atoms with Gasteiger partial charge in [-0.1, -0.05) is 0 Å². The van der Waals surface area contributed by atoms with Crippen molar-refractivity contribution in [1.29, 1.82) is 0 Å². The van der Waals surface area contributed by atoms with E-state index in [1.165, 1.54) is 4.57 Å². The largest absolute Gasteiger partial charge is 0.421 e. The summed E-state index contributed by atoms with van der Waals surface area (Å²) < 4.78 is 6.40. The van der Waals surface area contributed by atoms with Gasteiger partial charge in [-0.05, 0) is 18.6 Å². The molecule has 0 aliphatic rings. The van der Waals surface area contributed by atoms with Gasteiger partial charge < -0.3 is 4.42 Å². The van der Waals surface area contributed by atoms with Crippen molar-refractivity contribution in [3.63, 3.8) is 0 Å². The van der Waals surface area contributed by atoms with Gasteiger partial charge in [0.05, 0.1) is 0 Å². The number of nitrogens with zero attached hydrogens (tertiary/aromatic N) is 2. The van der Waals surface area contributed by atoms with Gasteiger partial charge in [-0.25, -0.2) is 15.6 Å². The number of amides is 1. The van der Waals surface area contributed by atoms with E-state index in [9.17, 15) is 9.59 Å². The molecule has 0 unspecified atom stereocenters. The molecule has 0 spiro atoms. The van der Waals surface area contributed by atoms with Gasteiger partial charge in [0, 0.05) is 19.2 Å². The third kappa shape index (κ3) is 2.34. The molecular formula is C10H12N4O3. The predicted molar refractivity (Wildman–Crippen MR) is 59.8 cm³/mol. The smallest absolute Gasteiger partial charge is 0.406 e. The molecule has 0 bridgehead atoms. The molecule has 2 aromatic rings. The van der Waals surface area contributed by atoms with Gasteiger partial charge in [0.25, 0.3) is 0 Å². The first-order chi connectivity index (χ1) is 8.22. The van der Waals surface area contributed by atoms with Crippen molar-refractivity contribution in [1.82, 2.24) is 15.0 Å². The van der Waals surface area contributed by atoms with Gasteiger partial charge in [-0.15, -0.1) is 0 Å². The predicted octanol–water partition coefficient (Wildman–Crippen LogP) is -0.240. The number of nitrogens with two attached hydrogens (primary N) is 1. The van der Waals surface area contributed by atoms with E-state index in [0.29, 0.717) is 24.2 Å².